The fourth-order valence-electron chi connectivity index (χ4n) is 1.36. The van der Waals surface area contributed by atoms with Gasteiger partial charge in [-0.1, -0.05) is 13.8 Å². The number of hydrogen-bond donors (Lipinski definition) is 2. The maximum atomic E-state index is 5.80. The fourth-order valence-corrected chi connectivity index (χ4v) is 1.36. The van der Waals surface area contributed by atoms with Crippen molar-refractivity contribution in [3.05, 3.63) is 18.2 Å². The first-order valence-corrected chi connectivity index (χ1v) is 5.85. The Morgan fingerprint density at radius 2 is 2.06 bits per heavy atom. The zero-order chi connectivity index (χ0) is 13.5. The third kappa shape index (κ3) is 4.16. The number of aliphatic imine (C=N–C) groups is 1. The Kier molecular flexibility index (Phi) is 5.30. The van der Waals surface area contributed by atoms with Gasteiger partial charge in [-0.3, -0.25) is 4.99 Å². The number of anilines is 1. The van der Waals surface area contributed by atoms with Gasteiger partial charge >= 0.3 is 0 Å². The summed E-state index contributed by atoms with van der Waals surface area (Å²) in [5.41, 5.74) is 6.57. The molecule has 0 amide bonds. The normalized spacial score (nSPS) is 11.5. The smallest absolute Gasteiger partial charge is 0.193 e. The van der Waals surface area contributed by atoms with Crippen molar-refractivity contribution in [3.63, 3.8) is 0 Å². The third-order valence-corrected chi connectivity index (χ3v) is 2.30. The SMILES string of the molecule is COc1ccc(NC(N)=NCC(C)C)c(OC)c1. The van der Waals surface area contributed by atoms with Crippen molar-refractivity contribution in [2.24, 2.45) is 16.6 Å². The molecule has 0 saturated carbocycles. The molecule has 0 fully saturated rings. The summed E-state index contributed by atoms with van der Waals surface area (Å²) in [4.78, 5) is 4.23. The van der Waals surface area contributed by atoms with Crippen molar-refractivity contribution < 1.29 is 9.47 Å². The number of guanidine groups is 1. The van der Waals surface area contributed by atoms with Gasteiger partial charge in [-0.25, -0.2) is 0 Å². The lowest BCUT2D eigenvalue weighted by Crippen LogP contribution is -2.23. The van der Waals surface area contributed by atoms with Crippen LogP contribution in [0.1, 0.15) is 13.8 Å². The highest BCUT2D eigenvalue weighted by Gasteiger charge is 2.05. The van der Waals surface area contributed by atoms with Crippen LogP contribution in [0.5, 0.6) is 11.5 Å². The quantitative estimate of drug-likeness (QED) is 0.621. The highest BCUT2D eigenvalue weighted by Crippen LogP contribution is 2.28. The summed E-state index contributed by atoms with van der Waals surface area (Å²) in [6.07, 6.45) is 0. The van der Waals surface area contributed by atoms with Crippen molar-refractivity contribution in [1.29, 1.82) is 0 Å². The van der Waals surface area contributed by atoms with Gasteiger partial charge in [-0.2, -0.15) is 0 Å². The molecular weight excluding hydrogens is 230 g/mol. The van der Waals surface area contributed by atoms with E-state index in [0.717, 1.165) is 11.4 Å². The molecule has 0 bridgehead atoms. The van der Waals surface area contributed by atoms with Crippen LogP contribution in [0.15, 0.2) is 23.2 Å². The Labute approximate surface area is 108 Å². The lowest BCUT2D eigenvalue weighted by atomic mass is 10.2. The topological polar surface area (TPSA) is 68.9 Å². The van der Waals surface area contributed by atoms with Crippen LogP contribution in [0.25, 0.3) is 0 Å². The number of hydrogen-bond acceptors (Lipinski definition) is 3. The fraction of sp³-hybridized carbons (Fsp3) is 0.462. The van der Waals surface area contributed by atoms with E-state index in [0.29, 0.717) is 24.2 Å². The Balaban J connectivity index is 2.80. The summed E-state index contributed by atoms with van der Waals surface area (Å²) in [7, 11) is 3.21. The van der Waals surface area contributed by atoms with Crippen molar-refractivity contribution >= 4 is 11.6 Å². The molecule has 0 saturated heterocycles. The Hall–Kier alpha value is -1.91. The molecule has 0 aliphatic rings. The highest BCUT2D eigenvalue weighted by molar-refractivity contribution is 5.93. The van der Waals surface area contributed by atoms with Crippen LogP contribution in [-0.4, -0.2) is 26.7 Å². The van der Waals surface area contributed by atoms with Crippen LogP contribution in [0, 0.1) is 5.92 Å². The van der Waals surface area contributed by atoms with E-state index in [1.807, 2.05) is 12.1 Å². The first kappa shape index (κ1) is 14.2. The van der Waals surface area contributed by atoms with E-state index in [9.17, 15) is 0 Å². The standard InChI is InChI=1S/C13H21N3O2/c1-9(2)8-15-13(14)16-11-6-5-10(17-3)7-12(11)18-4/h5-7,9H,8H2,1-4H3,(H3,14,15,16). The summed E-state index contributed by atoms with van der Waals surface area (Å²) >= 11 is 0. The van der Waals surface area contributed by atoms with Gasteiger partial charge in [0.2, 0.25) is 0 Å². The minimum Gasteiger partial charge on any atom is -0.497 e. The zero-order valence-corrected chi connectivity index (χ0v) is 11.4. The van der Waals surface area contributed by atoms with Crippen LogP contribution < -0.4 is 20.5 Å². The van der Waals surface area contributed by atoms with Gasteiger partial charge in [0.15, 0.2) is 5.96 Å². The van der Waals surface area contributed by atoms with Gasteiger partial charge in [0.1, 0.15) is 11.5 Å². The molecule has 0 radical (unpaired) electrons. The summed E-state index contributed by atoms with van der Waals surface area (Å²) < 4.78 is 10.4. The van der Waals surface area contributed by atoms with Crippen molar-refractivity contribution in [1.82, 2.24) is 0 Å². The second kappa shape index (κ2) is 6.74. The first-order chi connectivity index (χ1) is 8.56. The van der Waals surface area contributed by atoms with Crippen LogP contribution in [0.3, 0.4) is 0 Å². The van der Waals surface area contributed by atoms with Gasteiger partial charge in [-0.15, -0.1) is 0 Å². The van der Waals surface area contributed by atoms with Crippen LogP contribution in [-0.2, 0) is 0 Å². The Bertz CT molecular complexity index is 417. The molecule has 5 heteroatoms. The number of ether oxygens (including phenoxy) is 2. The molecule has 18 heavy (non-hydrogen) atoms. The van der Waals surface area contributed by atoms with E-state index in [4.69, 9.17) is 15.2 Å². The van der Waals surface area contributed by atoms with Gasteiger partial charge in [0, 0.05) is 12.6 Å². The summed E-state index contributed by atoms with van der Waals surface area (Å²) in [6.45, 7) is 4.87. The Morgan fingerprint density at radius 3 is 2.61 bits per heavy atom. The number of nitrogens with zero attached hydrogens (tertiary/aromatic N) is 1. The lowest BCUT2D eigenvalue weighted by Gasteiger charge is -2.12. The zero-order valence-electron chi connectivity index (χ0n) is 11.4. The predicted octanol–water partition coefficient (Wildman–Crippen LogP) is 2.09. The lowest BCUT2D eigenvalue weighted by molar-refractivity contribution is 0.395. The molecule has 0 heterocycles. The molecule has 0 aliphatic carbocycles. The number of methoxy groups -OCH3 is 2. The van der Waals surface area contributed by atoms with Gasteiger partial charge < -0.3 is 20.5 Å². The number of rotatable bonds is 5. The van der Waals surface area contributed by atoms with Gasteiger partial charge in [-0.05, 0) is 18.1 Å². The molecule has 3 N–H and O–H groups in total. The third-order valence-electron chi connectivity index (χ3n) is 2.30. The average molecular weight is 251 g/mol. The van der Waals surface area contributed by atoms with Crippen molar-refractivity contribution in [2.75, 3.05) is 26.1 Å². The Morgan fingerprint density at radius 1 is 1.33 bits per heavy atom. The molecule has 0 atom stereocenters. The summed E-state index contributed by atoms with van der Waals surface area (Å²) in [5.74, 6) is 2.25. The summed E-state index contributed by atoms with van der Waals surface area (Å²) in [5, 5.41) is 3.02. The minimum atomic E-state index is 0.382. The van der Waals surface area contributed by atoms with E-state index < -0.39 is 0 Å². The van der Waals surface area contributed by atoms with E-state index in [1.54, 1.807) is 20.3 Å². The number of nitrogens with one attached hydrogen (secondary N) is 1. The first-order valence-electron chi connectivity index (χ1n) is 5.85. The van der Waals surface area contributed by atoms with Crippen molar-refractivity contribution in [3.8, 4) is 11.5 Å². The monoisotopic (exact) mass is 251 g/mol. The molecule has 0 aromatic heterocycles. The second-order valence-electron chi connectivity index (χ2n) is 4.31. The van der Waals surface area contributed by atoms with Gasteiger partial charge in [0.25, 0.3) is 0 Å². The molecule has 5 nitrogen and oxygen atoms in total. The van der Waals surface area contributed by atoms with Gasteiger partial charge in [0.05, 0.1) is 19.9 Å². The number of benzene rings is 1. The molecule has 100 valence electrons. The van der Waals surface area contributed by atoms with E-state index in [2.05, 4.69) is 24.2 Å². The van der Waals surface area contributed by atoms with E-state index in [1.165, 1.54) is 0 Å². The average Bonchev–Trinajstić information content (AvgIpc) is 2.36. The molecule has 1 rings (SSSR count). The molecule has 0 spiro atoms. The van der Waals surface area contributed by atoms with Crippen LogP contribution >= 0.6 is 0 Å². The van der Waals surface area contributed by atoms with Crippen LogP contribution in [0.4, 0.5) is 5.69 Å². The van der Waals surface area contributed by atoms with Crippen molar-refractivity contribution in [2.45, 2.75) is 13.8 Å². The molecular formula is C13H21N3O2. The molecule has 0 unspecified atom stereocenters. The minimum absolute atomic E-state index is 0.382. The maximum Gasteiger partial charge on any atom is 0.193 e. The predicted molar refractivity (Wildman–Crippen MR) is 74.5 cm³/mol. The van der Waals surface area contributed by atoms with Crippen LogP contribution in [0.2, 0.25) is 0 Å². The maximum absolute atomic E-state index is 5.80. The summed E-state index contributed by atoms with van der Waals surface area (Å²) in [6, 6.07) is 5.47. The molecule has 0 aliphatic heterocycles. The van der Waals surface area contributed by atoms with E-state index >= 15 is 0 Å². The largest absolute Gasteiger partial charge is 0.497 e. The number of nitrogens with two attached hydrogens (primary N) is 1. The van der Waals surface area contributed by atoms with E-state index in [-0.39, 0.29) is 0 Å². The molecule has 1 aromatic carbocycles. The second-order valence-corrected chi connectivity index (χ2v) is 4.31. The highest BCUT2D eigenvalue weighted by atomic mass is 16.5. The molecule has 1 aromatic rings.